The second-order valence-corrected chi connectivity index (χ2v) is 5.59. The molecule has 1 atom stereocenters. The quantitative estimate of drug-likeness (QED) is 0.887. The summed E-state index contributed by atoms with van der Waals surface area (Å²) in [5.74, 6) is 0.473. The highest BCUT2D eigenvalue weighted by Gasteiger charge is 2.06. The summed E-state index contributed by atoms with van der Waals surface area (Å²) in [4.78, 5) is 0. The maximum Gasteiger partial charge on any atom is 0.137 e. The van der Waals surface area contributed by atoms with E-state index in [0.29, 0.717) is 11.1 Å². The Hall–Kier alpha value is -1.39. The molecule has 0 unspecified atom stereocenters. The van der Waals surface area contributed by atoms with Crippen LogP contribution in [-0.2, 0) is 6.61 Å². The molecule has 0 saturated carbocycles. The molecule has 0 aromatic heterocycles. The highest BCUT2D eigenvalue weighted by molar-refractivity contribution is 9.10. The van der Waals surface area contributed by atoms with Crippen molar-refractivity contribution in [1.82, 2.24) is 0 Å². The van der Waals surface area contributed by atoms with Crippen LogP contribution in [0.1, 0.15) is 29.7 Å². The number of halogens is 2. The molecule has 4 heteroatoms. The minimum atomic E-state index is -0.490. The van der Waals surface area contributed by atoms with E-state index in [9.17, 15) is 9.50 Å². The Morgan fingerprint density at radius 3 is 2.60 bits per heavy atom. The first-order valence-electron chi connectivity index (χ1n) is 6.32. The molecular weight excluding hydrogens is 323 g/mol. The first kappa shape index (κ1) is 15.0. The monoisotopic (exact) mass is 338 g/mol. The van der Waals surface area contributed by atoms with Gasteiger partial charge < -0.3 is 9.84 Å². The van der Waals surface area contributed by atoms with Crippen LogP contribution in [0.4, 0.5) is 4.39 Å². The summed E-state index contributed by atoms with van der Waals surface area (Å²) in [6.07, 6.45) is -0.490. The van der Waals surface area contributed by atoms with Crippen molar-refractivity contribution >= 4 is 15.9 Å². The Labute approximate surface area is 126 Å². The summed E-state index contributed by atoms with van der Waals surface area (Å²) in [7, 11) is 0. The van der Waals surface area contributed by atoms with E-state index in [0.717, 1.165) is 22.4 Å². The molecule has 2 rings (SSSR count). The molecule has 0 spiro atoms. The predicted molar refractivity (Wildman–Crippen MR) is 80.2 cm³/mol. The van der Waals surface area contributed by atoms with Crippen LogP contribution in [0, 0.1) is 12.7 Å². The molecule has 20 heavy (non-hydrogen) atoms. The lowest BCUT2D eigenvalue weighted by Gasteiger charge is -2.12. The fraction of sp³-hybridized carbons (Fsp3) is 0.250. The number of benzene rings is 2. The van der Waals surface area contributed by atoms with Gasteiger partial charge in [0.2, 0.25) is 0 Å². The Morgan fingerprint density at radius 1 is 1.25 bits per heavy atom. The summed E-state index contributed by atoms with van der Waals surface area (Å²) < 4.78 is 19.3. The summed E-state index contributed by atoms with van der Waals surface area (Å²) in [6, 6.07) is 10.4. The topological polar surface area (TPSA) is 29.5 Å². The van der Waals surface area contributed by atoms with Gasteiger partial charge in [0, 0.05) is 0 Å². The molecule has 0 amide bonds. The third-order valence-electron chi connectivity index (χ3n) is 3.06. The Balaban J connectivity index is 2.09. The number of rotatable bonds is 4. The first-order valence-corrected chi connectivity index (χ1v) is 7.12. The van der Waals surface area contributed by atoms with E-state index < -0.39 is 6.10 Å². The standard InChI is InChI=1S/C16H16BrFO2/c1-10-7-13(11(2)19)4-6-16(10)20-9-12-3-5-15(18)14(17)8-12/h3-8,11,19H,9H2,1-2H3/t11-/m1/s1. The van der Waals surface area contributed by atoms with Gasteiger partial charge in [-0.25, -0.2) is 4.39 Å². The van der Waals surface area contributed by atoms with Crippen molar-refractivity contribution in [1.29, 1.82) is 0 Å². The summed E-state index contributed by atoms with van der Waals surface area (Å²) in [6.45, 7) is 4.03. The van der Waals surface area contributed by atoms with Crippen molar-refractivity contribution in [3.63, 3.8) is 0 Å². The SMILES string of the molecule is Cc1cc([C@@H](C)O)ccc1OCc1ccc(F)c(Br)c1. The van der Waals surface area contributed by atoms with Crippen LogP contribution in [0.2, 0.25) is 0 Å². The Kier molecular flexibility index (Phi) is 4.78. The van der Waals surface area contributed by atoms with Crippen LogP contribution in [0.5, 0.6) is 5.75 Å². The van der Waals surface area contributed by atoms with Gasteiger partial charge >= 0.3 is 0 Å². The molecule has 0 saturated heterocycles. The molecule has 0 fully saturated rings. The van der Waals surface area contributed by atoms with Crippen molar-refractivity contribution in [2.45, 2.75) is 26.6 Å². The lowest BCUT2D eigenvalue weighted by Crippen LogP contribution is -1.99. The van der Waals surface area contributed by atoms with Crippen LogP contribution in [0.15, 0.2) is 40.9 Å². The van der Waals surface area contributed by atoms with E-state index in [2.05, 4.69) is 15.9 Å². The van der Waals surface area contributed by atoms with Gasteiger partial charge in [0.1, 0.15) is 18.2 Å². The van der Waals surface area contributed by atoms with Gasteiger partial charge in [0.15, 0.2) is 0 Å². The molecule has 2 aromatic rings. The third-order valence-corrected chi connectivity index (χ3v) is 3.67. The van der Waals surface area contributed by atoms with E-state index in [1.807, 2.05) is 25.1 Å². The number of aliphatic hydroxyl groups excluding tert-OH is 1. The number of aryl methyl sites for hydroxylation is 1. The fourth-order valence-electron chi connectivity index (χ4n) is 1.88. The summed E-state index contributed by atoms with van der Waals surface area (Å²) in [5, 5.41) is 9.52. The van der Waals surface area contributed by atoms with E-state index in [-0.39, 0.29) is 5.82 Å². The molecule has 0 aliphatic rings. The molecule has 1 N–H and O–H groups in total. The van der Waals surface area contributed by atoms with E-state index in [1.165, 1.54) is 6.07 Å². The number of aliphatic hydroxyl groups is 1. The molecule has 2 nitrogen and oxygen atoms in total. The lowest BCUT2D eigenvalue weighted by atomic mass is 10.1. The molecule has 0 aliphatic heterocycles. The van der Waals surface area contributed by atoms with Crippen molar-refractivity contribution in [3.05, 3.63) is 63.4 Å². The highest BCUT2D eigenvalue weighted by atomic mass is 79.9. The maximum absolute atomic E-state index is 13.1. The van der Waals surface area contributed by atoms with Gasteiger partial charge in [-0.3, -0.25) is 0 Å². The summed E-state index contributed by atoms with van der Waals surface area (Å²) >= 11 is 3.15. The molecular formula is C16H16BrFO2. The normalized spacial score (nSPS) is 12.2. The third kappa shape index (κ3) is 3.58. The molecule has 0 heterocycles. The predicted octanol–water partition coefficient (Wildman–Crippen LogP) is 4.53. The second kappa shape index (κ2) is 6.37. The van der Waals surface area contributed by atoms with Crippen molar-refractivity contribution in [3.8, 4) is 5.75 Å². The molecule has 0 radical (unpaired) electrons. The van der Waals surface area contributed by atoms with Gasteiger partial charge in [-0.2, -0.15) is 0 Å². The molecule has 2 aromatic carbocycles. The second-order valence-electron chi connectivity index (χ2n) is 4.74. The van der Waals surface area contributed by atoms with Crippen LogP contribution >= 0.6 is 15.9 Å². The molecule has 0 bridgehead atoms. The van der Waals surface area contributed by atoms with Gasteiger partial charge in [-0.05, 0) is 70.7 Å². The first-order chi connectivity index (χ1) is 9.47. The lowest BCUT2D eigenvalue weighted by molar-refractivity contribution is 0.199. The largest absolute Gasteiger partial charge is 0.489 e. The zero-order chi connectivity index (χ0) is 14.7. The summed E-state index contributed by atoms with van der Waals surface area (Å²) in [5.41, 5.74) is 2.71. The minimum Gasteiger partial charge on any atom is -0.489 e. The van der Waals surface area contributed by atoms with Crippen molar-refractivity contribution in [2.24, 2.45) is 0 Å². The highest BCUT2D eigenvalue weighted by Crippen LogP contribution is 2.24. The fourth-order valence-corrected chi connectivity index (χ4v) is 2.31. The zero-order valence-corrected chi connectivity index (χ0v) is 12.9. The van der Waals surface area contributed by atoms with Gasteiger partial charge in [-0.1, -0.05) is 12.1 Å². The average Bonchev–Trinajstić information content (AvgIpc) is 2.41. The van der Waals surface area contributed by atoms with Crippen LogP contribution in [0.3, 0.4) is 0 Å². The van der Waals surface area contributed by atoms with Crippen LogP contribution in [0.25, 0.3) is 0 Å². The van der Waals surface area contributed by atoms with Gasteiger partial charge in [0.05, 0.1) is 10.6 Å². The smallest absolute Gasteiger partial charge is 0.137 e. The van der Waals surface area contributed by atoms with E-state index in [1.54, 1.807) is 19.1 Å². The average molecular weight is 339 g/mol. The van der Waals surface area contributed by atoms with Gasteiger partial charge in [0.25, 0.3) is 0 Å². The zero-order valence-electron chi connectivity index (χ0n) is 11.4. The van der Waals surface area contributed by atoms with Gasteiger partial charge in [-0.15, -0.1) is 0 Å². The number of hydrogen-bond donors (Lipinski definition) is 1. The van der Waals surface area contributed by atoms with E-state index >= 15 is 0 Å². The van der Waals surface area contributed by atoms with Crippen LogP contribution < -0.4 is 4.74 Å². The Morgan fingerprint density at radius 2 is 2.00 bits per heavy atom. The number of ether oxygens (including phenoxy) is 1. The minimum absolute atomic E-state index is 0.286. The molecule has 0 aliphatic carbocycles. The van der Waals surface area contributed by atoms with E-state index in [4.69, 9.17) is 4.74 Å². The number of hydrogen-bond acceptors (Lipinski definition) is 2. The molecule has 106 valence electrons. The maximum atomic E-state index is 13.1. The van der Waals surface area contributed by atoms with Crippen molar-refractivity contribution in [2.75, 3.05) is 0 Å². The van der Waals surface area contributed by atoms with Crippen LogP contribution in [-0.4, -0.2) is 5.11 Å². The van der Waals surface area contributed by atoms with Crippen molar-refractivity contribution < 1.29 is 14.2 Å². The Bertz CT molecular complexity index is 611.